The fourth-order valence-electron chi connectivity index (χ4n) is 1.70. The molecule has 2 aromatic rings. The van der Waals surface area contributed by atoms with E-state index in [1.54, 1.807) is 50.7 Å². The Labute approximate surface area is 128 Å². The van der Waals surface area contributed by atoms with Crippen molar-refractivity contribution >= 4 is 11.6 Å². The van der Waals surface area contributed by atoms with Crippen LogP contribution >= 0.6 is 0 Å². The van der Waals surface area contributed by atoms with Crippen LogP contribution in [0.25, 0.3) is 0 Å². The molecule has 0 radical (unpaired) electrons. The number of para-hydroxylation sites is 2. The molecule has 0 aliphatic rings. The zero-order valence-corrected chi connectivity index (χ0v) is 12.4. The lowest BCUT2D eigenvalue weighted by Crippen LogP contribution is -2.25. The number of nitrogens with zero attached hydrogens (tertiary/aromatic N) is 2. The summed E-state index contributed by atoms with van der Waals surface area (Å²) in [5, 5.41) is 4.02. The van der Waals surface area contributed by atoms with Crippen LogP contribution in [0.5, 0.6) is 11.5 Å². The minimum atomic E-state index is -0.353. The molecule has 1 aromatic carbocycles. The molecule has 0 unspecified atom stereocenters. The van der Waals surface area contributed by atoms with Crippen molar-refractivity contribution in [2.45, 2.75) is 6.92 Å². The third-order valence-electron chi connectivity index (χ3n) is 2.86. The molecular formula is C16H17N3O3. The van der Waals surface area contributed by atoms with Gasteiger partial charge >= 0.3 is 0 Å². The molecule has 2 rings (SSSR count). The molecule has 0 atom stereocenters. The van der Waals surface area contributed by atoms with Crippen molar-refractivity contribution in [1.82, 2.24) is 10.4 Å². The third-order valence-corrected chi connectivity index (χ3v) is 2.86. The molecule has 1 N–H and O–H groups in total. The quantitative estimate of drug-likeness (QED) is 0.654. The highest BCUT2D eigenvalue weighted by molar-refractivity contribution is 5.98. The van der Waals surface area contributed by atoms with Gasteiger partial charge in [-0.3, -0.25) is 9.78 Å². The normalized spacial score (nSPS) is 10.9. The second-order valence-corrected chi connectivity index (χ2v) is 4.41. The molecule has 22 heavy (non-hydrogen) atoms. The lowest BCUT2D eigenvalue weighted by atomic mass is 10.2. The topological polar surface area (TPSA) is 72.8 Å². The molecule has 0 aliphatic carbocycles. The van der Waals surface area contributed by atoms with Crippen molar-refractivity contribution < 1.29 is 14.3 Å². The smallest absolute Gasteiger partial charge is 0.277 e. The monoisotopic (exact) mass is 299 g/mol. The fraction of sp³-hybridized carbons (Fsp3) is 0.188. The molecule has 6 nitrogen and oxygen atoms in total. The molecule has 0 bridgehead atoms. The highest BCUT2D eigenvalue weighted by Crippen LogP contribution is 2.25. The summed E-state index contributed by atoms with van der Waals surface area (Å²) in [5.41, 5.74) is 3.95. The molecule has 6 heteroatoms. The Balaban J connectivity index is 1.88. The lowest BCUT2D eigenvalue weighted by molar-refractivity contribution is -0.123. The Morgan fingerprint density at radius 1 is 1.23 bits per heavy atom. The fourth-order valence-corrected chi connectivity index (χ4v) is 1.70. The average molecular weight is 299 g/mol. The van der Waals surface area contributed by atoms with Crippen LogP contribution in [0.15, 0.2) is 53.9 Å². The number of nitrogens with one attached hydrogen (secondary N) is 1. The predicted octanol–water partition coefficient (Wildman–Crippen LogP) is 2.01. The maximum absolute atomic E-state index is 11.8. The number of hydrogen-bond donors (Lipinski definition) is 1. The number of ether oxygens (including phenoxy) is 2. The highest BCUT2D eigenvalue weighted by Gasteiger charge is 2.06. The SMILES string of the molecule is COc1ccccc1OCC(=O)N/N=C(/C)c1cccnc1. The van der Waals surface area contributed by atoms with Gasteiger partial charge in [0.15, 0.2) is 18.1 Å². The number of amides is 1. The Bertz CT molecular complexity index is 657. The number of carbonyl (C=O) groups is 1. The van der Waals surface area contributed by atoms with Crippen molar-refractivity contribution in [3.8, 4) is 11.5 Å². The number of rotatable bonds is 6. The van der Waals surface area contributed by atoms with E-state index in [-0.39, 0.29) is 12.5 Å². The van der Waals surface area contributed by atoms with Gasteiger partial charge in [0.2, 0.25) is 0 Å². The first-order chi connectivity index (χ1) is 10.7. The van der Waals surface area contributed by atoms with Gasteiger partial charge in [0.25, 0.3) is 5.91 Å². The summed E-state index contributed by atoms with van der Waals surface area (Å²) in [6.07, 6.45) is 3.35. The second-order valence-electron chi connectivity index (χ2n) is 4.41. The molecule has 0 fully saturated rings. The molecule has 0 saturated heterocycles. The predicted molar refractivity (Wildman–Crippen MR) is 83.1 cm³/mol. The van der Waals surface area contributed by atoms with Crippen LogP contribution in [-0.4, -0.2) is 30.3 Å². The maximum Gasteiger partial charge on any atom is 0.277 e. The van der Waals surface area contributed by atoms with Gasteiger partial charge in [-0.05, 0) is 25.1 Å². The van der Waals surface area contributed by atoms with Crippen LogP contribution in [0.2, 0.25) is 0 Å². The van der Waals surface area contributed by atoms with Crippen molar-refractivity contribution in [1.29, 1.82) is 0 Å². The Morgan fingerprint density at radius 2 is 2.00 bits per heavy atom. The van der Waals surface area contributed by atoms with Gasteiger partial charge in [-0.15, -0.1) is 0 Å². The first-order valence-corrected chi connectivity index (χ1v) is 6.70. The van der Waals surface area contributed by atoms with Gasteiger partial charge in [-0.2, -0.15) is 5.10 Å². The van der Waals surface area contributed by atoms with Crippen LogP contribution in [0, 0.1) is 0 Å². The van der Waals surface area contributed by atoms with Gasteiger partial charge in [0.1, 0.15) is 0 Å². The van der Waals surface area contributed by atoms with Crippen molar-refractivity contribution in [2.24, 2.45) is 5.10 Å². The molecule has 114 valence electrons. The maximum atomic E-state index is 11.8. The van der Waals surface area contributed by atoms with Crippen LogP contribution in [0.4, 0.5) is 0 Å². The first-order valence-electron chi connectivity index (χ1n) is 6.70. The zero-order valence-electron chi connectivity index (χ0n) is 12.4. The number of pyridine rings is 1. The number of methoxy groups -OCH3 is 1. The van der Waals surface area contributed by atoms with E-state index in [1.807, 2.05) is 12.1 Å². The average Bonchev–Trinajstić information content (AvgIpc) is 2.58. The summed E-state index contributed by atoms with van der Waals surface area (Å²) in [6, 6.07) is 10.8. The van der Waals surface area contributed by atoms with E-state index in [9.17, 15) is 4.79 Å². The zero-order chi connectivity index (χ0) is 15.8. The minimum Gasteiger partial charge on any atom is -0.493 e. The number of benzene rings is 1. The van der Waals surface area contributed by atoms with Gasteiger partial charge in [0, 0.05) is 18.0 Å². The number of hydrogen-bond acceptors (Lipinski definition) is 5. The summed E-state index contributed by atoms with van der Waals surface area (Å²) in [5.74, 6) is 0.729. The van der Waals surface area contributed by atoms with E-state index in [1.165, 1.54) is 0 Å². The number of carbonyl (C=O) groups excluding carboxylic acids is 1. The van der Waals surface area contributed by atoms with Crippen LogP contribution < -0.4 is 14.9 Å². The summed E-state index contributed by atoms with van der Waals surface area (Å²) < 4.78 is 10.6. The number of hydrazone groups is 1. The van der Waals surface area contributed by atoms with E-state index in [0.29, 0.717) is 17.2 Å². The summed E-state index contributed by atoms with van der Waals surface area (Å²) >= 11 is 0. The van der Waals surface area contributed by atoms with Crippen molar-refractivity contribution in [2.75, 3.05) is 13.7 Å². The Morgan fingerprint density at radius 3 is 2.68 bits per heavy atom. The van der Waals surface area contributed by atoms with Crippen LogP contribution in [0.3, 0.4) is 0 Å². The molecule has 1 aromatic heterocycles. The first kappa shape index (κ1) is 15.5. The van der Waals surface area contributed by atoms with E-state index >= 15 is 0 Å². The molecule has 1 amide bonds. The molecule has 0 saturated carbocycles. The molecule has 0 spiro atoms. The van der Waals surface area contributed by atoms with E-state index < -0.39 is 0 Å². The van der Waals surface area contributed by atoms with Crippen molar-refractivity contribution in [3.05, 3.63) is 54.4 Å². The van der Waals surface area contributed by atoms with E-state index in [4.69, 9.17) is 9.47 Å². The molecule has 1 heterocycles. The number of aromatic nitrogens is 1. The van der Waals surface area contributed by atoms with Crippen LogP contribution in [0.1, 0.15) is 12.5 Å². The van der Waals surface area contributed by atoms with Gasteiger partial charge in [0.05, 0.1) is 12.8 Å². The molecule has 0 aliphatic heterocycles. The Hall–Kier alpha value is -2.89. The van der Waals surface area contributed by atoms with Gasteiger partial charge < -0.3 is 9.47 Å². The largest absolute Gasteiger partial charge is 0.493 e. The van der Waals surface area contributed by atoms with Gasteiger partial charge in [-0.1, -0.05) is 18.2 Å². The van der Waals surface area contributed by atoms with Gasteiger partial charge in [-0.25, -0.2) is 5.43 Å². The minimum absolute atomic E-state index is 0.149. The van der Waals surface area contributed by atoms with Crippen LogP contribution in [-0.2, 0) is 4.79 Å². The second kappa shape index (κ2) is 7.78. The Kier molecular flexibility index (Phi) is 5.48. The highest BCUT2D eigenvalue weighted by atomic mass is 16.5. The van der Waals surface area contributed by atoms with E-state index in [0.717, 1.165) is 5.56 Å². The van der Waals surface area contributed by atoms with E-state index in [2.05, 4.69) is 15.5 Å². The summed E-state index contributed by atoms with van der Waals surface area (Å²) in [6.45, 7) is 1.64. The summed E-state index contributed by atoms with van der Waals surface area (Å²) in [4.78, 5) is 15.7. The standard InChI is InChI=1S/C16H17N3O3/c1-12(13-6-5-9-17-10-13)18-19-16(20)11-22-15-8-4-3-7-14(15)21-2/h3-10H,11H2,1-2H3,(H,19,20)/b18-12-. The summed E-state index contributed by atoms with van der Waals surface area (Å²) in [7, 11) is 1.55. The van der Waals surface area contributed by atoms with Crippen molar-refractivity contribution in [3.63, 3.8) is 0 Å². The molecular weight excluding hydrogens is 282 g/mol. The third kappa shape index (κ3) is 4.31. The lowest BCUT2D eigenvalue weighted by Gasteiger charge is -2.09.